The first-order valence-corrected chi connectivity index (χ1v) is 11.2. The van der Waals surface area contributed by atoms with Crippen molar-refractivity contribution in [2.45, 2.75) is 6.42 Å². The molecule has 1 N–H and O–H groups in total. The minimum atomic E-state index is -3.69. The summed E-state index contributed by atoms with van der Waals surface area (Å²) in [6.45, 7) is 0.833. The molecule has 28 heavy (non-hydrogen) atoms. The standard InChI is InChI=1S/C19H23Cl2N3O3S/c1-23(16-7-4-3-5-8-16)12-6-11-22-19(25)14-24(28(2,26)27)18-10-9-15(20)13-17(18)21/h3-5,7-10,13H,6,11-12,14H2,1-2H3,(H,22,25). The van der Waals surface area contributed by atoms with Crippen LogP contribution in [0.25, 0.3) is 0 Å². The zero-order chi connectivity index (χ0) is 20.7. The Kier molecular flexibility index (Phi) is 7.98. The number of anilines is 2. The number of carbonyl (C=O) groups is 1. The maximum Gasteiger partial charge on any atom is 0.240 e. The SMILES string of the molecule is CN(CCCNC(=O)CN(c1ccc(Cl)cc1Cl)S(C)(=O)=O)c1ccccc1. The van der Waals surface area contributed by atoms with Crippen LogP contribution in [0.3, 0.4) is 0 Å². The van der Waals surface area contributed by atoms with Crippen LogP contribution >= 0.6 is 23.2 Å². The van der Waals surface area contributed by atoms with Crippen LogP contribution in [0.5, 0.6) is 0 Å². The Morgan fingerprint density at radius 3 is 2.39 bits per heavy atom. The van der Waals surface area contributed by atoms with Crippen LogP contribution in [-0.4, -0.2) is 47.3 Å². The van der Waals surface area contributed by atoms with Crippen LogP contribution < -0.4 is 14.5 Å². The lowest BCUT2D eigenvalue weighted by atomic mass is 10.3. The number of hydrogen-bond acceptors (Lipinski definition) is 4. The van der Waals surface area contributed by atoms with E-state index in [0.29, 0.717) is 11.6 Å². The second-order valence-corrected chi connectivity index (χ2v) is 9.08. The van der Waals surface area contributed by atoms with E-state index < -0.39 is 15.9 Å². The molecule has 2 rings (SSSR count). The number of para-hydroxylation sites is 1. The summed E-state index contributed by atoms with van der Waals surface area (Å²) in [5, 5.41) is 3.30. The molecule has 2 aromatic carbocycles. The number of nitrogens with zero attached hydrogens (tertiary/aromatic N) is 2. The van der Waals surface area contributed by atoms with Crippen molar-refractivity contribution in [1.82, 2.24) is 5.32 Å². The summed E-state index contributed by atoms with van der Waals surface area (Å²) in [4.78, 5) is 14.4. The van der Waals surface area contributed by atoms with Gasteiger partial charge in [-0.05, 0) is 36.8 Å². The van der Waals surface area contributed by atoms with Gasteiger partial charge >= 0.3 is 0 Å². The zero-order valence-corrected chi connectivity index (χ0v) is 18.1. The number of nitrogens with one attached hydrogen (secondary N) is 1. The molecule has 1 amide bonds. The largest absolute Gasteiger partial charge is 0.375 e. The summed E-state index contributed by atoms with van der Waals surface area (Å²) in [6, 6.07) is 14.4. The first-order valence-electron chi connectivity index (χ1n) is 8.64. The first-order chi connectivity index (χ1) is 13.2. The third-order valence-electron chi connectivity index (χ3n) is 4.06. The predicted octanol–water partition coefficient (Wildman–Crippen LogP) is 3.40. The van der Waals surface area contributed by atoms with Gasteiger partial charge in [0.2, 0.25) is 15.9 Å². The molecule has 0 saturated carbocycles. The molecular formula is C19H23Cl2N3O3S. The summed E-state index contributed by atoms with van der Waals surface area (Å²) in [5.41, 5.74) is 1.31. The van der Waals surface area contributed by atoms with Gasteiger partial charge in [-0.25, -0.2) is 8.42 Å². The third-order valence-corrected chi connectivity index (χ3v) is 5.72. The van der Waals surface area contributed by atoms with Crippen LogP contribution in [0.4, 0.5) is 11.4 Å². The molecule has 0 atom stereocenters. The van der Waals surface area contributed by atoms with Crippen LogP contribution in [-0.2, 0) is 14.8 Å². The number of hydrogen-bond donors (Lipinski definition) is 1. The van der Waals surface area contributed by atoms with E-state index in [1.807, 2.05) is 37.4 Å². The Balaban J connectivity index is 1.90. The van der Waals surface area contributed by atoms with E-state index >= 15 is 0 Å². The van der Waals surface area contributed by atoms with Crippen molar-refractivity contribution in [1.29, 1.82) is 0 Å². The minimum absolute atomic E-state index is 0.162. The fraction of sp³-hybridized carbons (Fsp3) is 0.316. The van der Waals surface area contributed by atoms with E-state index in [2.05, 4.69) is 10.2 Å². The van der Waals surface area contributed by atoms with Gasteiger partial charge < -0.3 is 10.2 Å². The molecule has 0 aromatic heterocycles. The van der Waals surface area contributed by atoms with E-state index in [-0.39, 0.29) is 17.3 Å². The molecule has 2 aromatic rings. The smallest absolute Gasteiger partial charge is 0.240 e. The Bertz CT molecular complexity index is 908. The number of rotatable bonds is 9. The Morgan fingerprint density at radius 1 is 1.11 bits per heavy atom. The molecule has 9 heteroatoms. The molecule has 6 nitrogen and oxygen atoms in total. The lowest BCUT2D eigenvalue weighted by molar-refractivity contribution is -0.119. The highest BCUT2D eigenvalue weighted by molar-refractivity contribution is 7.92. The molecule has 0 radical (unpaired) electrons. The van der Waals surface area contributed by atoms with E-state index in [1.165, 1.54) is 18.2 Å². The van der Waals surface area contributed by atoms with Gasteiger partial charge in [-0.3, -0.25) is 9.10 Å². The van der Waals surface area contributed by atoms with Gasteiger partial charge in [0, 0.05) is 30.8 Å². The van der Waals surface area contributed by atoms with Crippen LogP contribution in [0.1, 0.15) is 6.42 Å². The number of sulfonamides is 1. The van der Waals surface area contributed by atoms with E-state index in [9.17, 15) is 13.2 Å². The van der Waals surface area contributed by atoms with Crippen LogP contribution in [0.15, 0.2) is 48.5 Å². The topological polar surface area (TPSA) is 69.7 Å². The van der Waals surface area contributed by atoms with Crippen molar-refractivity contribution < 1.29 is 13.2 Å². The van der Waals surface area contributed by atoms with Crippen molar-refractivity contribution in [3.8, 4) is 0 Å². The molecule has 0 aliphatic rings. The maximum atomic E-state index is 12.3. The number of carbonyl (C=O) groups excluding carboxylic acids is 1. The second kappa shape index (κ2) is 10.0. The summed E-state index contributed by atoms with van der Waals surface area (Å²) in [7, 11) is -1.71. The van der Waals surface area contributed by atoms with Gasteiger partial charge in [0.15, 0.2) is 0 Å². The molecule has 0 aliphatic carbocycles. The van der Waals surface area contributed by atoms with Crippen molar-refractivity contribution in [2.24, 2.45) is 0 Å². The van der Waals surface area contributed by atoms with Gasteiger partial charge in [0.25, 0.3) is 0 Å². The predicted molar refractivity (Wildman–Crippen MR) is 116 cm³/mol. The van der Waals surface area contributed by atoms with Gasteiger partial charge in [0.05, 0.1) is 17.0 Å². The van der Waals surface area contributed by atoms with E-state index in [1.54, 1.807) is 0 Å². The molecule has 152 valence electrons. The fourth-order valence-electron chi connectivity index (χ4n) is 2.61. The minimum Gasteiger partial charge on any atom is -0.375 e. The van der Waals surface area contributed by atoms with E-state index in [0.717, 1.165) is 29.2 Å². The highest BCUT2D eigenvalue weighted by atomic mass is 35.5. The van der Waals surface area contributed by atoms with Gasteiger partial charge in [-0.15, -0.1) is 0 Å². The number of halogens is 2. The average Bonchev–Trinajstić information content (AvgIpc) is 2.63. The van der Waals surface area contributed by atoms with Gasteiger partial charge in [-0.1, -0.05) is 41.4 Å². The fourth-order valence-corrected chi connectivity index (χ4v) is 4.04. The van der Waals surface area contributed by atoms with Crippen molar-refractivity contribution in [2.75, 3.05) is 42.1 Å². The summed E-state index contributed by atoms with van der Waals surface area (Å²) in [5.74, 6) is -0.404. The highest BCUT2D eigenvalue weighted by Crippen LogP contribution is 2.30. The molecule has 0 saturated heterocycles. The lowest BCUT2D eigenvalue weighted by Gasteiger charge is -2.23. The lowest BCUT2D eigenvalue weighted by Crippen LogP contribution is -2.41. The van der Waals surface area contributed by atoms with Gasteiger partial charge in [-0.2, -0.15) is 0 Å². The highest BCUT2D eigenvalue weighted by Gasteiger charge is 2.23. The quantitative estimate of drug-likeness (QED) is 0.602. The summed E-state index contributed by atoms with van der Waals surface area (Å²) < 4.78 is 25.2. The Hall–Kier alpha value is -1.96. The number of benzene rings is 2. The van der Waals surface area contributed by atoms with Crippen LogP contribution in [0.2, 0.25) is 10.0 Å². The monoisotopic (exact) mass is 443 g/mol. The molecule has 0 spiro atoms. The van der Waals surface area contributed by atoms with Gasteiger partial charge in [0.1, 0.15) is 6.54 Å². The molecule has 0 bridgehead atoms. The molecule has 0 heterocycles. The maximum absolute atomic E-state index is 12.3. The van der Waals surface area contributed by atoms with Crippen molar-refractivity contribution in [3.05, 3.63) is 58.6 Å². The van der Waals surface area contributed by atoms with Crippen molar-refractivity contribution in [3.63, 3.8) is 0 Å². The zero-order valence-electron chi connectivity index (χ0n) is 15.7. The third kappa shape index (κ3) is 6.58. The summed E-state index contributed by atoms with van der Waals surface area (Å²) in [6.07, 6.45) is 1.75. The number of amides is 1. The van der Waals surface area contributed by atoms with Crippen molar-refractivity contribution >= 4 is 50.5 Å². The molecule has 0 unspecified atom stereocenters. The average molecular weight is 444 g/mol. The van der Waals surface area contributed by atoms with E-state index in [4.69, 9.17) is 23.2 Å². The molecular weight excluding hydrogens is 421 g/mol. The Morgan fingerprint density at radius 2 is 1.79 bits per heavy atom. The Labute approximate surface area is 176 Å². The molecule has 0 fully saturated rings. The normalized spacial score (nSPS) is 11.1. The second-order valence-electron chi connectivity index (χ2n) is 6.33. The summed E-state index contributed by atoms with van der Waals surface area (Å²) >= 11 is 12.0. The molecule has 0 aliphatic heterocycles. The first kappa shape index (κ1) is 22.3. The van der Waals surface area contributed by atoms with Crippen LogP contribution in [0, 0.1) is 0 Å².